The number of nitrogens with zero attached hydrogens (tertiary/aromatic N) is 4. The van der Waals surface area contributed by atoms with Crippen molar-refractivity contribution in [2.45, 2.75) is 6.36 Å². The number of hydroxylamine groups is 1. The number of pyridine rings is 1. The van der Waals surface area contributed by atoms with Crippen molar-refractivity contribution < 1.29 is 27.9 Å². The normalized spacial score (nSPS) is 11.5. The second kappa shape index (κ2) is 5.73. The molecule has 0 saturated heterocycles. The number of amides is 1. The predicted molar refractivity (Wildman–Crippen MR) is 70.9 cm³/mol. The van der Waals surface area contributed by atoms with E-state index < -0.39 is 18.0 Å². The van der Waals surface area contributed by atoms with Gasteiger partial charge in [0.25, 0.3) is 5.91 Å². The Morgan fingerprint density at radius 2 is 2.08 bits per heavy atom. The summed E-state index contributed by atoms with van der Waals surface area (Å²) < 4.78 is 40.7. The molecule has 0 unspecified atom stereocenters. The second-order valence-corrected chi connectivity index (χ2v) is 4.46. The van der Waals surface area contributed by atoms with Crippen molar-refractivity contribution in [3.05, 3.63) is 29.8 Å². The first-order valence-corrected chi connectivity index (χ1v) is 6.26. The van der Waals surface area contributed by atoms with Crippen molar-refractivity contribution in [2.24, 2.45) is 0 Å². The number of tetrazole rings is 1. The van der Waals surface area contributed by atoms with Gasteiger partial charge in [-0.05, 0) is 23.4 Å². The minimum Gasteiger partial charge on any atom is -0.406 e. The molecule has 3 rings (SSSR count). The smallest absolute Gasteiger partial charge is 0.406 e. The Morgan fingerprint density at radius 1 is 1.29 bits per heavy atom. The van der Waals surface area contributed by atoms with Crippen LogP contribution in [0.25, 0.3) is 22.4 Å². The average Bonchev–Trinajstić information content (AvgIpc) is 3.05. The Bertz CT molecular complexity index is 897. The monoisotopic (exact) mass is 340 g/mol. The number of ether oxygens (including phenoxy) is 1. The van der Waals surface area contributed by atoms with Gasteiger partial charge in [0.1, 0.15) is 11.4 Å². The Hall–Kier alpha value is -3.28. The van der Waals surface area contributed by atoms with Gasteiger partial charge in [-0.3, -0.25) is 10.0 Å². The van der Waals surface area contributed by atoms with Crippen LogP contribution < -0.4 is 10.2 Å². The average molecular weight is 340 g/mol. The minimum atomic E-state index is -4.85. The molecule has 12 heteroatoms. The first kappa shape index (κ1) is 15.6. The van der Waals surface area contributed by atoms with E-state index in [1.54, 1.807) is 0 Å². The lowest BCUT2D eigenvalue weighted by Crippen LogP contribution is -2.20. The third kappa shape index (κ3) is 3.08. The lowest BCUT2D eigenvalue weighted by molar-refractivity contribution is -0.274. The van der Waals surface area contributed by atoms with Crippen LogP contribution in [0.4, 0.5) is 13.2 Å². The molecule has 9 nitrogen and oxygen atoms in total. The summed E-state index contributed by atoms with van der Waals surface area (Å²) in [6, 6.07) is 4.73. The summed E-state index contributed by atoms with van der Waals surface area (Å²) in [5, 5.41) is 22.0. The molecule has 3 N–H and O–H groups in total. The molecule has 0 spiro atoms. The predicted octanol–water partition coefficient (Wildman–Crippen LogP) is 1.43. The molecule has 0 bridgehead atoms. The van der Waals surface area contributed by atoms with Crippen LogP contribution in [0.15, 0.2) is 24.3 Å². The number of benzene rings is 1. The van der Waals surface area contributed by atoms with Crippen LogP contribution in [0.1, 0.15) is 10.4 Å². The van der Waals surface area contributed by atoms with Gasteiger partial charge in [-0.1, -0.05) is 0 Å². The van der Waals surface area contributed by atoms with Gasteiger partial charge in [-0.15, -0.1) is 23.4 Å². The van der Waals surface area contributed by atoms with Gasteiger partial charge < -0.3 is 4.74 Å². The number of aromatic nitrogens is 5. The molecule has 0 aliphatic heterocycles. The van der Waals surface area contributed by atoms with E-state index in [2.05, 4.69) is 30.3 Å². The molecule has 0 fully saturated rings. The zero-order valence-corrected chi connectivity index (χ0v) is 11.5. The van der Waals surface area contributed by atoms with Crippen LogP contribution in [0, 0.1) is 0 Å². The van der Waals surface area contributed by atoms with E-state index in [9.17, 15) is 18.0 Å². The van der Waals surface area contributed by atoms with Gasteiger partial charge in [0.05, 0.1) is 11.1 Å². The van der Waals surface area contributed by atoms with Crippen molar-refractivity contribution >= 4 is 16.8 Å². The standard InChI is InChI=1S/C12H7F3N6O3/c13-12(14,15)24-6-2-1-5-3-7(11(22)19-23)9(16-8(5)4-6)10-17-20-21-18-10/h1-4,23H,(H,19,22)(H,17,18,20,21). The Labute approximate surface area is 130 Å². The fourth-order valence-corrected chi connectivity index (χ4v) is 2.01. The zero-order chi connectivity index (χ0) is 17.3. The molecule has 2 aromatic heterocycles. The number of H-pyrrole nitrogens is 1. The number of hydrogen-bond donors (Lipinski definition) is 3. The van der Waals surface area contributed by atoms with E-state index in [0.717, 1.165) is 12.1 Å². The van der Waals surface area contributed by atoms with Gasteiger partial charge in [0.15, 0.2) is 0 Å². The number of carbonyl (C=O) groups excluding carboxylic acids is 1. The maximum absolute atomic E-state index is 12.3. The summed E-state index contributed by atoms with van der Waals surface area (Å²) in [5.74, 6) is -1.43. The van der Waals surface area contributed by atoms with Crippen molar-refractivity contribution in [2.75, 3.05) is 0 Å². The highest BCUT2D eigenvalue weighted by atomic mass is 19.4. The zero-order valence-electron chi connectivity index (χ0n) is 11.5. The molecule has 0 radical (unpaired) electrons. The summed E-state index contributed by atoms with van der Waals surface area (Å²) >= 11 is 0. The number of aromatic amines is 1. The topological polar surface area (TPSA) is 126 Å². The third-order valence-corrected chi connectivity index (χ3v) is 2.93. The number of fused-ring (bicyclic) bond motifs is 1. The highest BCUT2D eigenvalue weighted by Gasteiger charge is 2.31. The van der Waals surface area contributed by atoms with Crippen LogP contribution in [0.5, 0.6) is 5.75 Å². The highest BCUT2D eigenvalue weighted by molar-refractivity contribution is 6.02. The number of carbonyl (C=O) groups is 1. The minimum absolute atomic E-state index is 0.0716. The highest BCUT2D eigenvalue weighted by Crippen LogP contribution is 2.28. The van der Waals surface area contributed by atoms with Gasteiger partial charge >= 0.3 is 6.36 Å². The molecule has 0 saturated carbocycles. The maximum Gasteiger partial charge on any atom is 0.573 e. The lowest BCUT2D eigenvalue weighted by Gasteiger charge is -2.10. The van der Waals surface area contributed by atoms with Gasteiger partial charge in [-0.25, -0.2) is 10.5 Å². The molecule has 0 aliphatic rings. The van der Waals surface area contributed by atoms with Gasteiger partial charge in [-0.2, -0.15) is 5.21 Å². The van der Waals surface area contributed by atoms with E-state index >= 15 is 0 Å². The maximum atomic E-state index is 12.3. The van der Waals surface area contributed by atoms with Crippen LogP contribution in [0.2, 0.25) is 0 Å². The number of alkyl halides is 3. The van der Waals surface area contributed by atoms with Crippen molar-refractivity contribution in [3.63, 3.8) is 0 Å². The van der Waals surface area contributed by atoms with E-state index in [0.29, 0.717) is 5.39 Å². The molecular formula is C12H7F3N6O3. The molecule has 3 aromatic rings. The molecule has 124 valence electrons. The van der Waals surface area contributed by atoms with Crippen molar-refractivity contribution in [3.8, 4) is 17.3 Å². The first-order valence-electron chi connectivity index (χ1n) is 6.26. The first-order chi connectivity index (χ1) is 11.4. The Morgan fingerprint density at radius 3 is 2.71 bits per heavy atom. The van der Waals surface area contributed by atoms with Crippen LogP contribution in [0.3, 0.4) is 0 Å². The SMILES string of the molecule is O=C(NO)c1cc2ccc(OC(F)(F)F)cc2nc1-c1nn[nH]n1. The van der Waals surface area contributed by atoms with E-state index in [4.69, 9.17) is 5.21 Å². The molecule has 0 aliphatic carbocycles. The third-order valence-electron chi connectivity index (χ3n) is 2.93. The molecule has 2 heterocycles. The summed E-state index contributed by atoms with van der Waals surface area (Å²) in [5.41, 5.74) is 1.39. The Kier molecular flexibility index (Phi) is 3.73. The van der Waals surface area contributed by atoms with Crippen LogP contribution >= 0.6 is 0 Å². The fourth-order valence-electron chi connectivity index (χ4n) is 2.01. The van der Waals surface area contributed by atoms with Crippen molar-refractivity contribution in [1.82, 2.24) is 31.1 Å². The van der Waals surface area contributed by atoms with E-state index in [-0.39, 0.29) is 22.6 Å². The summed E-state index contributed by atoms with van der Waals surface area (Å²) in [7, 11) is 0. The molecule has 24 heavy (non-hydrogen) atoms. The molecule has 1 aromatic carbocycles. The molecule has 0 atom stereocenters. The number of halogens is 3. The van der Waals surface area contributed by atoms with Crippen LogP contribution in [-0.2, 0) is 0 Å². The lowest BCUT2D eigenvalue weighted by atomic mass is 10.1. The Balaban J connectivity index is 2.17. The molecular weight excluding hydrogens is 333 g/mol. The summed E-state index contributed by atoms with van der Waals surface area (Å²) in [6.45, 7) is 0. The van der Waals surface area contributed by atoms with E-state index in [1.807, 2.05) is 0 Å². The quantitative estimate of drug-likeness (QED) is 0.486. The van der Waals surface area contributed by atoms with Gasteiger partial charge in [0, 0.05) is 11.5 Å². The largest absolute Gasteiger partial charge is 0.573 e. The van der Waals surface area contributed by atoms with Crippen molar-refractivity contribution in [1.29, 1.82) is 0 Å². The van der Waals surface area contributed by atoms with Crippen LogP contribution in [-0.4, -0.2) is 43.1 Å². The number of rotatable bonds is 3. The second-order valence-electron chi connectivity index (χ2n) is 4.46. The summed E-state index contributed by atoms with van der Waals surface area (Å²) in [4.78, 5) is 15.8. The van der Waals surface area contributed by atoms with Gasteiger partial charge in [0.2, 0.25) is 5.82 Å². The fraction of sp³-hybridized carbons (Fsp3) is 0.0833. The number of hydrogen-bond acceptors (Lipinski definition) is 7. The molecule has 1 amide bonds. The number of nitrogens with one attached hydrogen (secondary N) is 2. The van der Waals surface area contributed by atoms with E-state index in [1.165, 1.54) is 17.6 Å². The summed E-state index contributed by atoms with van der Waals surface area (Å²) in [6.07, 6.45) is -4.85.